The molecule has 4 nitrogen and oxygen atoms in total. The molecule has 0 saturated carbocycles. The third-order valence-corrected chi connectivity index (χ3v) is 4.04. The molecule has 0 radical (unpaired) electrons. The fraction of sp³-hybridized carbons (Fsp3) is 0.353. The van der Waals surface area contributed by atoms with Gasteiger partial charge in [-0.05, 0) is 43.5 Å². The largest absolute Gasteiger partial charge is 0.334 e. The lowest BCUT2D eigenvalue weighted by atomic mass is 9.99. The van der Waals surface area contributed by atoms with Crippen molar-refractivity contribution in [2.45, 2.75) is 32.2 Å². The molecule has 0 aliphatic carbocycles. The molecule has 5 heteroatoms. The van der Waals surface area contributed by atoms with Gasteiger partial charge in [0, 0.05) is 19.0 Å². The summed E-state index contributed by atoms with van der Waals surface area (Å²) >= 11 is 0. The first-order valence-corrected chi connectivity index (χ1v) is 7.50. The second kappa shape index (κ2) is 6.22. The molecular formula is C17H18FN3O. The van der Waals surface area contributed by atoms with Gasteiger partial charge in [-0.2, -0.15) is 0 Å². The topological polar surface area (TPSA) is 46.1 Å². The molecular weight excluding hydrogens is 281 g/mol. The lowest BCUT2D eigenvalue weighted by Crippen LogP contribution is -2.37. The molecule has 22 heavy (non-hydrogen) atoms. The van der Waals surface area contributed by atoms with Crippen LogP contribution in [0.1, 0.15) is 37.9 Å². The molecule has 1 aromatic carbocycles. The number of carbonyl (C=O) groups excluding carboxylic acids is 1. The summed E-state index contributed by atoms with van der Waals surface area (Å²) in [5, 5.41) is 0. The number of hydrogen-bond donors (Lipinski definition) is 0. The normalized spacial score (nSPS) is 18.3. The van der Waals surface area contributed by atoms with Crippen molar-refractivity contribution in [3.63, 3.8) is 0 Å². The van der Waals surface area contributed by atoms with Gasteiger partial charge in [0.15, 0.2) is 0 Å². The summed E-state index contributed by atoms with van der Waals surface area (Å²) < 4.78 is 13.0. The van der Waals surface area contributed by atoms with Crippen LogP contribution in [0.5, 0.6) is 0 Å². The Hall–Kier alpha value is -2.30. The number of piperidine rings is 1. The molecule has 1 amide bonds. The summed E-state index contributed by atoms with van der Waals surface area (Å²) in [6.07, 6.45) is 6.40. The predicted molar refractivity (Wildman–Crippen MR) is 81.4 cm³/mol. The SMILES string of the molecule is CC(=O)N1CCCC[C@H]1c1cncc(-c2ccc(F)cc2)n1. The number of nitrogens with zero attached hydrogens (tertiary/aromatic N) is 3. The number of aromatic nitrogens is 2. The van der Waals surface area contributed by atoms with Crippen molar-refractivity contribution in [3.05, 3.63) is 48.2 Å². The van der Waals surface area contributed by atoms with E-state index in [9.17, 15) is 9.18 Å². The summed E-state index contributed by atoms with van der Waals surface area (Å²) in [6.45, 7) is 2.36. The molecule has 0 spiro atoms. The van der Waals surface area contributed by atoms with E-state index in [2.05, 4.69) is 9.97 Å². The van der Waals surface area contributed by atoms with Gasteiger partial charge in [-0.15, -0.1) is 0 Å². The van der Waals surface area contributed by atoms with E-state index in [4.69, 9.17) is 0 Å². The van der Waals surface area contributed by atoms with Crippen LogP contribution in [0.2, 0.25) is 0 Å². The molecule has 3 rings (SSSR count). The van der Waals surface area contributed by atoms with Crippen LogP contribution in [0.3, 0.4) is 0 Å². The van der Waals surface area contributed by atoms with E-state index < -0.39 is 0 Å². The van der Waals surface area contributed by atoms with E-state index in [1.165, 1.54) is 12.1 Å². The third-order valence-electron chi connectivity index (χ3n) is 4.04. The Bertz CT molecular complexity index is 672. The Balaban J connectivity index is 1.93. The van der Waals surface area contributed by atoms with Crippen LogP contribution in [0, 0.1) is 5.82 Å². The highest BCUT2D eigenvalue weighted by atomic mass is 19.1. The van der Waals surface area contributed by atoms with Gasteiger partial charge >= 0.3 is 0 Å². The number of amides is 1. The zero-order valence-electron chi connectivity index (χ0n) is 12.5. The van der Waals surface area contributed by atoms with Gasteiger partial charge in [-0.25, -0.2) is 9.37 Å². The first-order chi connectivity index (χ1) is 10.6. The van der Waals surface area contributed by atoms with Gasteiger partial charge in [-0.1, -0.05) is 0 Å². The van der Waals surface area contributed by atoms with Crippen LogP contribution in [-0.2, 0) is 4.79 Å². The van der Waals surface area contributed by atoms with E-state index >= 15 is 0 Å². The highest BCUT2D eigenvalue weighted by Crippen LogP contribution is 2.30. The fourth-order valence-electron chi connectivity index (χ4n) is 2.92. The number of hydrogen-bond acceptors (Lipinski definition) is 3. The summed E-state index contributed by atoms with van der Waals surface area (Å²) in [7, 11) is 0. The van der Waals surface area contributed by atoms with Crippen molar-refractivity contribution in [1.82, 2.24) is 14.9 Å². The van der Waals surface area contributed by atoms with Crippen LogP contribution in [0.15, 0.2) is 36.7 Å². The zero-order chi connectivity index (χ0) is 15.5. The van der Waals surface area contributed by atoms with Crippen LogP contribution in [-0.4, -0.2) is 27.3 Å². The van der Waals surface area contributed by atoms with Gasteiger partial charge in [0.25, 0.3) is 0 Å². The van der Waals surface area contributed by atoms with E-state index in [0.717, 1.165) is 37.1 Å². The highest BCUT2D eigenvalue weighted by Gasteiger charge is 2.27. The number of carbonyl (C=O) groups is 1. The Morgan fingerprint density at radius 3 is 2.73 bits per heavy atom. The molecule has 114 valence electrons. The minimum absolute atomic E-state index is 0.0147. The Labute approximate surface area is 129 Å². The van der Waals surface area contributed by atoms with Crippen molar-refractivity contribution in [2.24, 2.45) is 0 Å². The lowest BCUT2D eigenvalue weighted by Gasteiger charge is -2.34. The van der Waals surface area contributed by atoms with Crippen molar-refractivity contribution in [2.75, 3.05) is 6.54 Å². The minimum atomic E-state index is -0.275. The summed E-state index contributed by atoms with van der Waals surface area (Å²) in [4.78, 5) is 22.6. The van der Waals surface area contributed by atoms with Crippen LogP contribution < -0.4 is 0 Å². The van der Waals surface area contributed by atoms with Crippen molar-refractivity contribution in [1.29, 1.82) is 0 Å². The van der Waals surface area contributed by atoms with E-state index in [-0.39, 0.29) is 17.8 Å². The van der Waals surface area contributed by atoms with Crippen LogP contribution >= 0.6 is 0 Å². The quantitative estimate of drug-likeness (QED) is 0.854. The average molecular weight is 299 g/mol. The number of benzene rings is 1. The standard InChI is InChI=1S/C17H18FN3O/c1-12(22)21-9-3-2-4-17(21)16-11-19-10-15(20-16)13-5-7-14(18)8-6-13/h5-8,10-11,17H,2-4,9H2,1H3/t17-/m0/s1. The Morgan fingerprint density at radius 1 is 1.23 bits per heavy atom. The van der Waals surface area contributed by atoms with Crippen molar-refractivity contribution in [3.8, 4) is 11.3 Å². The monoisotopic (exact) mass is 299 g/mol. The maximum atomic E-state index is 13.0. The average Bonchev–Trinajstić information content (AvgIpc) is 2.55. The summed E-state index contributed by atoms with van der Waals surface area (Å²) in [6, 6.07) is 6.18. The van der Waals surface area contributed by atoms with Gasteiger partial charge in [0.2, 0.25) is 5.91 Å². The van der Waals surface area contributed by atoms with Gasteiger partial charge in [-0.3, -0.25) is 9.78 Å². The maximum Gasteiger partial charge on any atom is 0.220 e. The molecule has 1 fully saturated rings. The summed E-state index contributed by atoms with van der Waals surface area (Å²) in [5.41, 5.74) is 2.32. The van der Waals surface area contributed by atoms with Gasteiger partial charge in [0.1, 0.15) is 5.82 Å². The molecule has 0 bridgehead atoms. The summed E-state index contributed by atoms with van der Waals surface area (Å²) in [5.74, 6) is -0.207. The second-order valence-corrected chi connectivity index (χ2v) is 5.56. The smallest absolute Gasteiger partial charge is 0.220 e. The Kier molecular flexibility index (Phi) is 4.13. The van der Waals surface area contributed by atoms with E-state index in [1.807, 2.05) is 4.90 Å². The first kappa shape index (κ1) is 14.6. The highest BCUT2D eigenvalue weighted by molar-refractivity contribution is 5.74. The molecule has 0 unspecified atom stereocenters. The van der Waals surface area contributed by atoms with Crippen molar-refractivity contribution < 1.29 is 9.18 Å². The van der Waals surface area contributed by atoms with Crippen LogP contribution in [0.4, 0.5) is 4.39 Å². The van der Waals surface area contributed by atoms with E-state index in [0.29, 0.717) is 5.69 Å². The number of likely N-dealkylation sites (tertiary alicyclic amines) is 1. The molecule has 2 aromatic rings. The first-order valence-electron chi connectivity index (χ1n) is 7.50. The predicted octanol–water partition coefficient (Wildman–Crippen LogP) is 3.36. The number of rotatable bonds is 2. The molecule has 0 N–H and O–H groups in total. The third kappa shape index (κ3) is 2.98. The van der Waals surface area contributed by atoms with Gasteiger partial charge in [0.05, 0.1) is 29.8 Å². The zero-order valence-corrected chi connectivity index (χ0v) is 12.5. The molecule has 1 saturated heterocycles. The number of halogens is 1. The van der Waals surface area contributed by atoms with E-state index in [1.54, 1.807) is 31.5 Å². The van der Waals surface area contributed by atoms with Crippen LogP contribution in [0.25, 0.3) is 11.3 Å². The van der Waals surface area contributed by atoms with Gasteiger partial charge < -0.3 is 4.90 Å². The minimum Gasteiger partial charge on any atom is -0.334 e. The maximum absolute atomic E-state index is 13.0. The fourth-order valence-corrected chi connectivity index (χ4v) is 2.92. The molecule has 1 aliphatic heterocycles. The molecule has 1 aromatic heterocycles. The Morgan fingerprint density at radius 2 is 2.00 bits per heavy atom. The second-order valence-electron chi connectivity index (χ2n) is 5.56. The lowest BCUT2D eigenvalue weighted by molar-refractivity contribution is -0.132. The molecule has 1 atom stereocenters. The molecule has 1 aliphatic rings. The van der Waals surface area contributed by atoms with Crippen molar-refractivity contribution >= 4 is 5.91 Å². The molecule has 2 heterocycles.